The molecule has 6 nitrogen and oxygen atoms in total. The van der Waals surface area contributed by atoms with Crippen LogP contribution < -0.4 is 17.5 Å². The van der Waals surface area contributed by atoms with Gasteiger partial charge in [-0.15, -0.1) is 0 Å². The molecule has 0 fully saturated rings. The summed E-state index contributed by atoms with van der Waals surface area (Å²) in [7, 11) is 0. The molecule has 0 amide bonds. The summed E-state index contributed by atoms with van der Waals surface area (Å²) in [6, 6.07) is 0. The van der Waals surface area contributed by atoms with Crippen LogP contribution >= 0.6 is 0 Å². The van der Waals surface area contributed by atoms with Crippen LogP contribution in [0.15, 0.2) is 0 Å². The van der Waals surface area contributed by atoms with Gasteiger partial charge in [-0.1, -0.05) is 0 Å². The van der Waals surface area contributed by atoms with Crippen molar-refractivity contribution in [3.8, 4) is 0 Å². The molecule has 8 heteroatoms. The van der Waals surface area contributed by atoms with E-state index in [0.717, 1.165) is 0 Å². The molecule has 0 aliphatic carbocycles. The van der Waals surface area contributed by atoms with Gasteiger partial charge in [0, 0.05) is 0 Å². The van der Waals surface area contributed by atoms with Crippen molar-refractivity contribution in [3.63, 3.8) is 0 Å². The quantitative estimate of drug-likeness (QED) is 0.410. The van der Waals surface area contributed by atoms with Crippen LogP contribution in [0.2, 0.25) is 0 Å². The first kappa shape index (κ1) is 18.2. The van der Waals surface area contributed by atoms with Crippen molar-refractivity contribution in [1.29, 1.82) is 0 Å². The molecule has 66 valence electrons. The van der Waals surface area contributed by atoms with Gasteiger partial charge in [0.1, 0.15) is 6.10 Å². The summed E-state index contributed by atoms with van der Waals surface area (Å²) >= 11 is 0. The topological polar surface area (TPSA) is 118 Å². The number of carbonyl (C=O) groups is 2. The summed E-state index contributed by atoms with van der Waals surface area (Å²) in [5.41, 5.74) is 0. The number of carboxylic acid groups (broad SMARTS) is 2. The SMILES string of the molecule is O=C([O-])C(O)C(O)C(=O)O.[Ca+2].[Cl-]. The number of aliphatic carboxylic acids is 2. The Morgan fingerprint density at radius 1 is 1.17 bits per heavy atom. The first-order chi connectivity index (χ1) is 4.46. The van der Waals surface area contributed by atoms with Crippen molar-refractivity contribution >= 4 is 49.7 Å². The van der Waals surface area contributed by atoms with E-state index in [1.54, 1.807) is 0 Å². The number of carboxylic acids is 2. The molecule has 0 aromatic rings. The van der Waals surface area contributed by atoms with Crippen molar-refractivity contribution in [1.82, 2.24) is 0 Å². The largest absolute Gasteiger partial charge is 2.00 e. The summed E-state index contributed by atoms with van der Waals surface area (Å²) in [4.78, 5) is 19.4. The number of carbonyl (C=O) groups excluding carboxylic acids is 1. The molecule has 0 aliphatic heterocycles. The molecule has 0 radical (unpaired) electrons. The average Bonchev–Trinajstić information content (AvgIpc) is 1.84. The van der Waals surface area contributed by atoms with Gasteiger partial charge in [-0.2, -0.15) is 0 Å². The van der Waals surface area contributed by atoms with Crippen LogP contribution in [0.3, 0.4) is 0 Å². The van der Waals surface area contributed by atoms with Crippen LogP contribution in [0.5, 0.6) is 0 Å². The smallest absolute Gasteiger partial charge is 1.00 e. The molecule has 0 aromatic carbocycles. The van der Waals surface area contributed by atoms with Gasteiger partial charge in [0.05, 0.1) is 5.97 Å². The zero-order valence-corrected chi connectivity index (χ0v) is 8.77. The van der Waals surface area contributed by atoms with Crippen LogP contribution in [-0.4, -0.2) is 77.2 Å². The van der Waals surface area contributed by atoms with E-state index in [1.165, 1.54) is 0 Å². The van der Waals surface area contributed by atoms with E-state index in [4.69, 9.17) is 15.3 Å². The van der Waals surface area contributed by atoms with Gasteiger partial charge in [0.15, 0.2) is 6.10 Å². The molecule has 3 N–H and O–H groups in total. The standard InChI is InChI=1S/C4H6O6.Ca.ClH/c5-1(3(7)8)2(6)4(9)10;;/h1-2,5-6H,(H,7,8)(H,9,10);;1H/q;+2;/p-2. The summed E-state index contributed by atoms with van der Waals surface area (Å²) in [6.07, 6.45) is -4.71. The first-order valence-electron chi connectivity index (χ1n) is 2.26. The second-order valence-electron chi connectivity index (χ2n) is 1.55. The number of hydrogen-bond acceptors (Lipinski definition) is 5. The van der Waals surface area contributed by atoms with Gasteiger partial charge < -0.3 is 37.6 Å². The predicted molar refractivity (Wildman–Crippen MR) is 30.4 cm³/mol. The van der Waals surface area contributed by atoms with Gasteiger partial charge in [-0.05, 0) is 0 Å². The molecule has 0 spiro atoms. The fourth-order valence-corrected chi connectivity index (χ4v) is 0.264. The Labute approximate surface area is 104 Å². The molecule has 0 aliphatic rings. The normalized spacial score (nSPS) is 13.2. The Kier molecular flexibility index (Phi) is 12.2. The number of hydrogen-bond donors (Lipinski definition) is 3. The minimum absolute atomic E-state index is 0. The maximum absolute atomic E-state index is 9.74. The molecule has 0 bridgehead atoms. The van der Waals surface area contributed by atoms with Gasteiger partial charge in [0.25, 0.3) is 0 Å². The Balaban J connectivity index is -0.000000405. The van der Waals surface area contributed by atoms with Gasteiger partial charge in [-0.3, -0.25) is 0 Å². The minimum Gasteiger partial charge on any atom is -1.00 e. The van der Waals surface area contributed by atoms with Crippen molar-refractivity contribution in [2.45, 2.75) is 12.2 Å². The molecule has 0 saturated carbocycles. The predicted octanol–water partition coefficient (Wildman–Crippen LogP) is -6.83. The van der Waals surface area contributed by atoms with E-state index in [1.807, 2.05) is 0 Å². The van der Waals surface area contributed by atoms with E-state index in [-0.39, 0.29) is 50.1 Å². The van der Waals surface area contributed by atoms with E-state index >= 15 is 0 Å². The third-order valence-electron chi connectivity index (χ3n) is 0.794. The molecule has 2 atom stereocenters. The van der Waals surface area contributed by atoms with E-state index < -0.39 is 24.1 Å². The summed E-state index contributed by atoms with van der Waals surface area (Å²) in [5, 5.41) is 34.1. The molecule has 0 aromatic heterocycles. The Bertz CT molecular complexity index is 144. The number of halogens is 1. The molecule has 0 heterocycles. The fraction of sp³-hybridized carbons (Fsp3) is 0.500. The van der Waals surface area contributed by atoms with Crippen molar-refractivity contribution < 1.29 is 42.4 Å². The third kappa shape index (κ3) is 5.99. The monoisotopic (exact) mass is 224 g/mol. The Morgan fingerprint density at radius 2 is 1.50 bits per heavy atom. The third-order valence-corrected chi connectivity index (χ3v) is 0.794. The van der Waals surface area contributed by atoms with Crippen LogP contribution in [0, 0.1) is 0 Å². The second-order valence-corrected chi connectivity index (χ2v) is 1.55. The van der Waals surface area contributed by atoms with Crippen LogP contribution in [-0.2, 0) is 9.59 Å². The van der Waals surface area contributed by atoms with E-state index in [0.29, 0.717) is 0 Å². The summed E-state index contributed by atoms with van der Waals surface area (Å²) < 4.78 is 0. The molecule has 12 heavy (non-hydrogen) atoms. The summed E-state index contributed by atoms with van der Waals surface area (Å²) in [5.74, 6) is -3.83. The van der Waals surface area contributed by atoms with Crippen LogP contribution in [0.4, 0.5) is 0 Å². The fourth-order valence-electron chi connectivity index (χ4n) is 0.264. The van der Waals surface area contributed by atoms with Crippen molar-refractivity contribution in [2.24, 2.45) is 0 Å². The Morgan fingerprint density at radius 3 is 1.58 bits per heavy atom. The number of rotatable bonds is 3. The minimum atomic E-state index is -2.38. The number of aliphatic hydroxyl groups excluding tert-OH is 2. The second kappa shape index (κ2) is 8.03. The van der Waals surface area contributed by atoms with Gasteiger partial charge >= 0.3 is 43.7 Å². The zero-order chi connectivity index (χ0) is 8.31. The molecular weight excluding hydrogens is 220 g/mol. The van der Waals surface area contributed by atoms with Crippen molar-refractivity contribution in [3.05, 3.63) is 0 Å². The van der Waals surface area contributed by atoms with Gasteiger partial charge in [0.2, 0.25) is 0 Å². The maximum atomic E-state index is 9.74. The molecular formula is C4H5CaClO6. The van der Waals surface area contributed by atoms with E-state index in [2.05, 4.69) is 0 Å². The van der Waals surface area contributed by atoms with Crippen molar-refractivity contribution in [2.75, 3.05) is 0 Å². The summed E-state index contributed by atoms with van der Waals surface area (Å²) in [6.45, 7) is 0. The van der Waals surface area contributed by atoms with Crippen LogP contribution in [0.25, 0.3) is 0 Å². The molecule has 0 saturated heterocycles. The zero-order valence-electron chi connectivity index (χ0n) is 5.81. The number of aliphatic hydroxyl groups is 2. The molecule has 2 unspecified atom stereocenters. The van der Waals surface area contributed by atoms with Crippen LogP contribution in [0.1, 0.15) is 0 Å². The first-order valence-corrected chi connectivity index (χ1v) is 2.26. The maximum Gasteiger partial charge on any atom is 2.00 e. The molecule has 0 rings (SSSR count). The Hall–Kier alpha value is 0.410. The van der Waals surface area contributed by atoms with Gasteiger partial charge in [-0.25, -0.2) is 4.79 Å². The van der Waals surface area contributed by atoms with E-state index in [9.17, 15) is 14.7 Å². The average molecular weight is 225 g/mol.